The monoisotopic (exact) mass is 724 g/mol. The summed E-state index contributed by atoms with van der Waals surface area (Å²) < 4.78 is 50.4. The minimum atomic E-state index is -4.81. The van der Waals surface area contributed by atoms with Gasteiger partial charge in [0.2, 0.25) is 23.6 Å². The Bertz CT molecular complexity index is 1640. The van der Waals surface area contributed by atoms with Crippen molar-refractivity contribution in [2.24, 2.45) is 17.8 Å². The van der Waals surface area contributed by atoms with Crippen LogP contribution >= 0.6 is 0 Å². The van der Waals surface area contributed by atoms with Gasteiger partial charge in [0.15, 0.2) is 0 Å². The first-order valence-electron chi connectivity index (χ1n) is 16.8. The molecule has 6 amide bonds. The van der Waals surface area contributed by atoms with Crippen LogP contribution < -0.4 is 32.2 Å². The van der Waals surface area contributed by atoms with Gasteiger partial charge < -0.3 is 40.6 Å². The van der Waals surface area contributed by atoms with Crippen LogP contribution in [0.25, 0.3) is 11.0 Å². The molecule has 5 N–H and O–H groups in total. The van der Waals surface area contributed by atoms with Gasteiger partial charge in [-0.3, -0.25) is 19.2 Å². The summed E-state index contributed by atoms with van der Waals surface area (Å²) in [6, 6.07) is -1.08. The molecule has 1 saturated heterocycles. The van der Waals surface area contributed by atoms with E-state index in [0.717, 1.165) is 12.1 Å². The Balaban J connectivity index is 1.69. The smallest absolute Gasteiger partial charge is 0.417 e. The van der Waals surface area contributed by atoms with E-state index in [2.05, 4.69) is 26.6 Å². The molecule has 0 bridgehead atoms. The number of alkyl halides is 3. The van der Waals surface area contributed by atoms with Gasteiger partial charge in [0, 0.05) is 36.3 Å². The molecule has 51 heavy (non-hydrogen) atoms. The maximum absolute atomic E-state index is 13.6. The van der Waals surface area contributed by atoms with Gasteiger partial charge in [-0.1, -0.05) is 48.0 Å². The lowest BCUT2D eigenvalue weighted by molar-refractivity contribution is -0.136. The van der Waals surface area contributed by atoms with E-state index in [1.807, 2.05) is 6.92 Å². The number of fused-ring (bicyclic) bond motifs is 1. The average Bonchev–Trinajstić information content (AvgIpc) is 3.06. The quantitative estimate of drug-likeness (QED) is 0.195. The molecule has 17 heteroatoms. The summed E-state index contributed by atoms with van der Waals surface area (Å²) in [6.07, 6.45) is -4.35. The SMILES string of the molecule is CCC(C)C(NC(=O)C(NC(=O)C(NC(=O)N1CCOCC1)C(C)C)C(C)C)C(=O)NC(C)C(=O)Nc1ccc2c(C(F)(F)F)cc(=O)oc2c1. The fourth-order valence-corrected chi connectivity index (χ4v) is 5.34. The first kappa shape index (κ1) is 40.8. The third-order valence-corrected chi connectivity index (χ3v) is 8.64. The highest BCUT2D eigenvalue weighted by Crippen LogP contribution is 2.34. The summed E-state index contributed by atoms with van der Waals surface area (Å²) in [6.45, 7) is 13.4. The fraction of sp³-hybridized carbons (Fsp3) is 0.588. The summed E-state index contributed by atoms with van der Waals surface area (Å²) in [4.78, 5) is 79.6. The summed E-state index contributed by atoms with van der Waals surface area (Å²) in [7, 11) is 0. The van der Waals surface area contributed by atoms with Crippen LogP contribution in [-0.4, -0.2) is 85.0 Å². The Morgan fingerprint density at radius 2 is 1.33 bits per heavy atom. The summed E-state index contributed by atoms with van der Waals surface area (Å²) in [5.74, 6) is -3.78. The lowest BCUT2D eigenvalue weighted by atomic mass is 9.95. The van der Waals surface area contributed by atoms with Crippen molar-refractivity contribution in [3.63, 3.8) is 0 Å². The largest absolute Gasteiger partial charge is 0.423 e. The van der Waals surface area contributed by atoms with E-state index in [0.29, 0.717) is 38.8 Å². The number of rotatable bonds is 13. The Hall–Kier alpha value is -4.67. The number of halogens is 3. The van der Waals surface area contributed by atoms with Gasteiger partial charge >= 0.3 is 17.8 Å². The van der Waals surface area contributed by atoms with Crippen LogP contribution in [-0.2, 0) is 30.1 Å². The van der Waals surface area contributed by atoms with Crippen molar-refractivity contribution in [1.82, 2.24) is 26.2 Å². The number of anilines is 1. The van der Waals surface area contributed by atoms with Crippen molar-refractivity contribution >= 4 is 46.3 Å². The number of nitrogens with zero attached hydrogens (tertiary/aromatic N) is 1. The maximum Gasteiger partial charge on any atom is 0.417 e. The molecule has 2 aromatic rings. The number of benzene rings is 1. The third kappa shape index (κ3) is 10.9. The molecule has 0 aliphatic carbocycles. The van der Waals surface area contributed by atoms with Crippen molar-refractivity contribution in [3.8, 4) is 0 Å². The van der Waals surface area contributed by atoms with E-state index in [1.54, 1.807) is 39.5 Å². The molecule has 1 aliphatic rings. The molecule has 282 valence electrons. The second-order valence-corrected chi connectivity index (χ2v) is 13.3. The van der Waals surface area contributed by atoms with Crippen LogP contribution in [0, 0.1) is 17.8 Å². The van der Waals surface area contributed by atoms with Crippen LogP contribution in [0.4, 0.5) is 23.7 Å². The molecule has 1 aromatic carbocycles. The number of nitrogens with one attached hydrogen (secondary N) is 5. The third-order valence-electron chi connectivity index (χ3n) is 8.64. The van der Waals surface area contributed by atoms with Gasteiger partial charge in [-0.05, 0) is 36.8 Å². The summed E-state index contributed by atoms with van der Waals surface area (Å²) >= 11 is 0. The highest BCUT2D eigenvalue weighted by atomic mass is 19.4. The lowest BCUT2D eigenvalue weighted by Gasteiger charge is -2.32. The molecular weight excluding hydrogens is 677 g/mol. The molecule has 5 atom stereocenters. The molecular formula is C34H47F3N6O8. The van der Waals surface area contributed by atoms with Crippen molar-refractivity contribution in [2.45, 2.75) is 85.2 Å². The Morgan fingerprint density at radius 3 is 1.88 bits per heavy atom. The van der Waals surface area contributed by atoms with E-state index in [9.17, 15) is 41.9 Å². The molecule has 2 heterocycles. The maximum atomic E-state index is 13.6. The Kier molecular flexibility index (Phi) is 14.0. The van der Waals surface area contributed by atoms with Crippen molar-refractivity contribution in [3.05, 3.63) is 40.2 Å². The van der Waals surface area contributed by atoms with Crippen LogP contribution in [0.5, 0.6) is 0 Å². The number of carbonyl (C=O) groups is 5. The molecule has 0 spiro atoms. The number of morpholine rings is 1. The fourth-order valence-electron chi connectivity index (χ4n) is 5.34. The van der Waals surface area contributed by atoms with Crippen molar-refractivity contribution in [1.29, 1.82) is 0 Å². The van der Waals surface area contributed by atoms with Gasteiger partial charge in [-0.25, -0.2) is 9.59 Å². The highest BCUT2D eigenvalue weighted by Gasteiger charge is 2.36. The molecule has 3 rings (SSSR count). The normalized spacial score (nSPS) is 16.5. The lowest BCUT2D eigenvalue weighted by Crippen LogP contribution is -2.61. The van der Waals surface area contributed by atoms with E-state index >= 15 is 0 Å². The predicted molar refractivity (Wildman–Crippen MR) is 181 cm³/mol. The minimum absolute atomic E-state index is 0.0132. The van der Waals surface area contributed by atoms with Crippen LogP contribution in [0.2, 0.25) is 0 Å². The number of hydrogen-bond donors (Lipinski definition) is 5. The Morgan fingerprint density at radius 1 is 0.784 bits per heavy atom. The molecule has 0 saturated carbocycles. The van der Waals surface area contributed by atoms with Gasteiger partial charge in [-0.2, -0.15) is 13.2 Å². The second kappa shape index (κ2) is 17.5. The molecule has 1 fully saturated rings. The van der Waals surface area contributed by atoms with Gasteiger partial charge in [0.05, 0.1) is 18.8 Å². The minimum Gasteiger partial charge on any atom is -0.423 e. The van der Waals surface area contributed by atoms with E-state index < -0.39 is 88.6 Å². The molecule has 0 radical (unpaired) electrons. The zero-order chi connectivity index (χ0) is 38.2. The second-order valence-electron chi connectivity index (χ2n) is 13.3. The van der Waals surface area contributed by atoms with E-state index in [1.165, 1.54) is 13.0 Å². The number of carbonyl (C=O) groups excluding carboxylic acids is 5. The van der Waals surface area contributed by atoms with Gasteiger partial charge in [-0.15, -0.1) is 0 Å². The average molecular weight is 725 g/mol. The molecule has 5 unspecified atom stereocenters. The standard InChI is InChI=1S/C34H47F3N6O8/c1-8-19(6)28(41-30(46)26(17(2)3)40-31(47)27(18(4)5)42-33(49)43-11-13-50-14-12-43)32(48)38-20(7)29(45)39-21-9-10-22-23(34(35,36)37)16-25(44)51-24(22)15-21/h9-10,15-20,26-28H,8,11-14H2,1-7H3,(H,38,48)(H,39,45)(H,40,47)(H,41,46)(H,42,49). The molecule has 1 aliphatic heterocycles. The zero-order valence-corrected chi connectivity index (χ0v) is 29.7. The number of ether oxygens (including phenoxy) is 1. The van der Waals surface area contributed by atoms with Gasteiger partial charge in [0.1, 0.15) is 29.8 Å². The topological polar surface area (TPSA) is 188 Å². The van der Waals surface area contributed by atoms with Gasteiger partial charge in [0.25, 0.3) is 0 Å². The first-order valence-corrected chi connectivity index (χ1v) is 16.8. The highest BCUT2D eigenvalue weighted by molar-refractivity contribution is 6.00. The molecule has 1 aromatic heterocycles. The van der Waals surface area contributed by atoms with Crippen LogP contribution in [0.15, 0.2) is 33.5 Å². The van der Waals surface area contributed by atoms with Crippen LogP contribution in [0.1, 0.15) is 60.5 Å². The zero-order valence-electron chi connectivity index (χ0n) is 29.7. The number of amides is 6. The van der Waals surface area contributed by atoms with Crippen molar-refractivity contribution < 1.29 is 46.3 Å². The Labute approximate surface area is 293 Å². The van der Waals surface area contributed by atoms with E-state index in [-0.39, 0.29) is 17.0 Å². The van der Waals surface area contributed by atoms with Crippen molar-refractivity contribution in [2.75, 3.05) is 31.6 Å². The van der Waals surface area contributed by atoms with E-state index in [4.69, 9.17) is 9.15 Å². The number of hydrogen-bond acceptors (Lipinski definition) is 8. The number of urea groups is 1. The van der Waals surface area contributed by atoms with Crippen LogP contribution in [0.3, 0.4) is 0 Å². The molecule has 14 nitrogen and oxygen atoms in total. The summed E-state index contributed by atoms with van der Waals surface area (Å²) in [5, 5.41) is 12.8. The first-order chi connectivity index (χ1) is 23.8. The predicted octanol–water partition coefficient (Wildman–Crippen LogP) is 2.99. The summed E-state index contributed by atoms with van der Waals surface area (Å²) in [5.41, 5.74) is -2.78.